The van der Waals surface area contributed by atoms with E-state index in [0.717, 1.165) is 4.90 Å². The Balaban J connectivity index is 1.60. The number of alkyl halides is 3. The molecular weight excluding hydrogens is 525 g/mol. The number of nitrogens with one attached hydrogen (secondary N) is 1. The van der Waals surface area contributed by atoms with Crippen molar-refractivity contribution in [1.82, 2.24) is 19.1 Å². The highest BCUT2D eigenvalue weighted by Crippen LogP contribution is 2.33. The van der Waals surface area contributed by atoms with Crippen molar-refractivity contribution in [3.63, 3.8) is 0 Å². The first kappa shape index (κ1) is 26.2. The van der Waals surface area contributed by atoms with Gasteiger partial charge >= 0.3 is 6.18 Å². The number of nitrogens with zero attached hydrogens (tertiary/aromatic N) is 3. The average molecular weight is 547 g/mol. The number of aromatic nitrogens is 1. The van der Waals surface area contributed by atoms with E-state index < -0.39 is 50.4 Å². The van der Waals surface area contributed by atoms with Gasteiger partial charge in [0.1, 0.15) is 11.3 Å². The molecule has 1 fully saturated rings. The molecule has 0 unspecified atom stereocenters. The molecule has 3 heterocycles. The van der Waals surface area contributed by atoms with Gasteiger partial charge in [-0.2, -0.15) is 13.2 Å². The fourth-order valence-electron chi connectivity index (χ4n) is 4.23. The van der Waals surface area contributed by atoms with Gasteiger partial charge in [-0.25, -0.2) is 12.7 Å². The average Bonchev–Trinajstić information content (AvgIpc) is 3.15. The lowest BCUT2D eigenvalue weighted by Gasteiger charge is -2.32. The summed E-state index contributed by atoms with van der Waals surface area (Å²) in [6.45, 7) is -0.314. The number of hydrogen-bond acceptors (Lipinski definition) is 5. The molecule has 4 rings (SSSR count). The minimum Gasteiger partial charge on any atom is -0.348 e. The molecule has 0 spiro atoms. The highest BCUT2D eigenvalue weighted by Gasteiger charge is 2.42. The maximum atomic E-state index is 14.0. The minimum absolute atomic E-state index is 0.0136. The maximum Gasteiger partial charge on any atom is 0.418 e. The van der Waals surface area contributed by atoms with Gasteiger partial charge in [0.05, 0.1) is 11.3 Å². The Hall–Kier alpha value is -2.90. The van der Waals surface area contributed by atoms with E-state index in [1.54, 1.807) is 24.3 Å². The van der Waals surface area contributed by atoms with Crippen LogP contribution in [-0.4, -0.2) is 65.9 Å². The number of rotatable bonds is 6. The van der Waals surface area contributed by atoms with E-state index >= 15 is 0 Å². The monoisotopic (exact) mass is 546 g/mol. The predicted octanol–water partition coefficient (Wildman–Crippen LogP) is 1.94. The van der Waals surface area contributed by atoms with Crippen LogP contribution in [0.5, 0.6) is 0 Å². The van der Waals surface area contributed by atoms with Gasteiger partial charge in [0.25, 0.3) is 17.4 Å². The number of carbonyl (C=O) groups is 2. The van der Waals surface area contributed by atoms with Gasteiger partial charge in [-0.05, 0) is 30.2 Å². The van der Waals surface area contributed by atoms with Crippen molar-refractivity contribution in [2.45, 2.75) is 25.7 Å². The molecule has 1 saturated heterocycles. The maximum absolute atomic E-state index is 14.0. The van der Waals surface area contributed by atoms with Crippen LogP contribution in [-0.2, 0) is 29.3 Å². The van der Waals surface area contributed by atoms with Crippen LogP contribution in [0.2, 0.25) is 5.02 Å². The zero-order valence-electron chi connectivity index (χ0n) is 18.8. The second-order valence-corrected chi connectivity index (χ2v) is 11.0. The number of fused-ring (bicyclic) bond motifs is 1. The number of pyridine rings is 1. The van der Waals surface area contributed by atoms with E-state index in [4.69, 9.17) is 11.6 Å². The largest absolute Gasteiger partial charge is 0.418 e. The van der Waals surface area contributed by atoms with E-state index in [0.29, 0.717) is 27.6 Å². The van der Waals surface area contributed by atoms with Crippen LogP contribution in [0.15, 0.2) is 35.1 Å². The topological polar surface area (TPSA) is 109 Å². The molecule has 2 aliphatic heterocycles. The molecule has 0 aliphatic carbocycles. The molecule has 0 atom stereocenters. The quantitative estimate of drug-likeness (QED) is 0.596. The molecule has 2 aliphatic rings. The molecule has 36 heavy (non-hydrogen) atoms. The molecule has 194 valence electrons. The van der Waals surface area contributed by atoms with Crippen LogP contribution in [0.1, 0.15) is 38.4 Å². The smallest absolute Gasteiger partial charge is 0.348 e. The Morgan fingerprint density at radius 2 is 1.75 bits per heavy atom. The second-order valence-electron chi connectivity index (χ2n) is 8.44. The third-order valence-electron chi connectivity index (χ3n) is 6.11. The van der Waals surface area contributed by atoms with Crippen molar-refractivity contribution in [3.8, 4) is 0 Å². The molecule has 1 aromatic carbocycles. The van der Waals surface area contributed by atoms with E-state index in [9.17, 15) is 36.0 Å². The molecule has 0 saturated carbocycles. The van der Waals surface area contributed by atoms with Crippen molar-refractivity contribution in [2.75, 3.05) is 31.9 Å². The fraction of sp³-hybridized carbons (Fsp3) is 0.409. The Kier molecular flexibility index (Phi) is 7.17. The number of carbonyl (C=O) groups excluding carboxylic acids is 2. The van der Waals surface area contributed by atoms with E-state index in [-0.39, 0.29) is 45.0 Å². The summed E-state index contributed by atoms with van der Waals surface area (Å²) in [7, 11) is -3.44. The van der Waals surface area contributed by atoms with Gasteiger partial charge in [-0.1, -0.05) is 23.7 Å². The molecular formula is C22H22ClF3N4O5S. The molecule has 2 aromatic rings. The lowest BCUT2D eigenvalue weighted by molar-refractivity contribution is -0.138. The van der Waals surface area contributed by atoms with Crippen molar-refractivity contribution in [3.05, 3.63) is 68.1 Å². The van der Waals surface area contributed by atoms with E-state index in [1.807, 2.05) is 0 Å². The van der Waals surface area contributed by atoms with Crippen molar-refractivity contribution < 1.29 is 31.2 Å². The summed E-state index contributed by atoms with van der Waals surface area (Å²) in [6.07, 6.45) is -4.58. The van der Waals surface area contributed by atoms with Gasteiger partial charge < -0.3 is 14.8 Å². The summed E-state index contributed by atoms with van der Waals surface area (Å²) in [5, 5.41) is 2.89. The predicted molar refractivity (Wildman–Crippen MR) is 124 cm³/mol. The number of amides is 2. The second kappa shape index (κ2) is 9.87. The first-order chi connectivity index (χ1) is 16.9. The van der Waals surface area contributed by atoms with E-state index in [2.05, 4.69) is 5.32 Å². The first-order valence-electron chi connectivity index (χ1n) is 11.0. The summed E-state index contributed by atoms with van der Waals surface area (Å²) < 4.78 is 67.7. The van der Waals surface area contributed by atoms with Gasteiger partial charge in [0.2, 0.25) is 10.0 Å². The summed E-state index contributed by atoms with van der Waals surface area (Å²) in [6, 6.07) is 6.79. The molecule has 14 heteroatoms. The van der Waals surface area contributed by atoms with Crippen LogP contribution in [0, 0.1) is 0 Å². The summed E-state index contributed by atoms with van der Waals surface area (Å²) in [5.41, 5.74) is -3.39. The third kappa shape index (κ3) is 5.27. The van der Waals surface area contributed by atoms with Gasteiger partial charge in [0.15, 0.2) is 0 Å². The fourth-order valence-corrected chi connectivity index (χ4v) is 5.87. The molecule has 1 aromatic heterocycles. The lowest BCUT2D eigenvalue weighted by atomic mass is 10.1. The zero-order chi connectivity index (χ0) is 26.3. The van der Waals surface area contributed by atoms with Crippen molar-refractivity contribution in [2.24, 2.45) is 0 Å². The van der Waals surface area contributed by atoms with Gasteiger partial charge in [-0.15, -0.1) is 0 Å². The number of hydrogen-bond donors (Lipinski definition) is 1. The Labute approximate surface area is 209 Å². The van der Waals surface area contributed by atoms with Crippen LogP contribution in [0.4, 0.5) is 13.2 Å². The first-order valence-corrected chi connectivity index (χ1v) is 13.0. The lowest BCUT2D eigenvalue weighted by Crippen LogP contribution is -2.49. The standard InChI is InChI=1S/C22H22ClF3N4O5S/c23-15-4-2-14(3-5-15)13-27-19(31)16-12-17(22(24,25)26)18-21(33)28(8-10-30(18)20(16)32)7-9-29-6-1-11-36(29,34)35/h2-5,12H,1,6-11,13H2,(H,27,31). The third-order valence-corrected chi connectivity index (χ3v) is 8.32. The van der Waals surface area contributed by atoms with Gasteiger partial charge in [-0.3, -0.25) is 14.4 Å². The highest BCUT2D eigenvalue weighted by atomic mass is 35.5. The summed E-state index contributed by atoms with van der Waals surface area (Å²) in [5.74, 6) is -2.07. The highest BCUT2D eigenvalue weighted by molar-refractivity contribution is 7.89. The number of halogens is 4. The molecule has 9 nitrogen and oxygen atoms in total. The molecule has 1 N–H and O–H groups in total. The Bertz CT molecular complexity index is 1360. The van der Waals surface area contributed by atoms with Crippen LogP contribution >= 0.6 is 11.6 Å². The number of benzene rings is 1. The SMILES string of the molecule is O=C(NCc1ccc(Cl)cc1)c1cc(C(F)(F)F)c2n(c1=O)CCN(CCN1CCCS1(=O)=O)C2=O. The molecule has 0 bridgehead atoms. The van der Waals surface area contributed by atoms with Crippen LogP contribution in [0.25, 0.3) is 0 Å². The van der Waals surface area contributed by atoms with Crippen LogP contribution in [0.3, 0.4) is 0 Å². The minimum atomic E-state index is -5.02. The normalized spacial score (nSPS) is 17.8. The Morgan fingerprint density at radius 3 is 2.36 bits per heavy atom. The van der Waals surface area contributed by atoms with Crippen LogP contribution < -0.4 is 10.9 Å². The number of sulfonamides is 1. The van der Waals surface area contributed by atoms with Gasteiger partial charge in [0, 0.05) is 44.3 Å². The summed E-state index contributed by atoms with van der Waals surface area (Å²) >= 11 is 5.81. The van der Waals surface area contributed by atoms with Crippen molar-refractivity contribution >= 4 is 33.4 Å². The summed E-state index contributed by atoms with van der Waals surface area (Å²) in [4.78, 5) is 39.7. The Morgan fingerprint density at radius 1 is 1.06 bits per heavy atom. The molecule has 0 radical (unpaired) electrons. The molecule has 2 amide bonds. The zero-order valence-corrected chi connectivity index (χ0v) is 20.4. The van der Waals surface area contributed by atoms with E-state index in [1.165, 1.54) is 4.31 Å². The van der Waals surface area contributed by atoms with Crippen molar-refractivity contribution in [1.29, 1.82) is 0 Å².